The van der Waals surface area contributed by atoms with Gasteiger partial charge in [-0.15, -0.1) is 0 Å². The van der Waals surface area contributed by atoms with Crippen molar-refractivity contribution >= 4 is 6.03 Å². The Labute approximate surface area is 137 Å². The molecule has 1 aromatic rings. The van der Waals surface area contributed by atoms with Gasteiger partial charge in [-0.25, -0.2) is 4.79 Å². The zero-order chi connectivity index (χ0) is 16.1. The normalized spacial score (nSPS) is 24.3. The van der Waals surface area contributed by atoms with Crippen molar-refractivity contribution in [2.75, 3.05) is 13.2 Å². The summed E-state index contributed by atoms with van der Waals surface area (Å²) in [5.41, 5.74) is 0.899. The van der Waals surface area contributed by atoms with Gasteiger partial charge in [0, 0.05) is 12.6 Å². The van der Waals surface area contributed by atoms with Crippen LogP contribution in [0.3, 0.4) is 0 Å². The minimum Gasteiger partial charge on any atom is -0.394 e. The van der Waals surface area contributed by atoms with E-state index in [9.17, 15) is 9.90 Å². The van der Waals surface area contributed by atoms with Gasteiger partial charge in [0.25, 0.3) is 0 Å². The molecule has 3 rings (SSSR count). The monoisotopic (exact) mass is 318 g/mol. The Morgan fingerprint density at radius 1 is 1.30 bits per heavy atom. The number of hydrogen-bond donors (Lipinski definition) is 3. The lowest BCUT2D eigenvalue weighted by atomic mass is 9.89. The first-order chi connectivity index (χ1) is 11.2. The molecule has 0 bridgehead atoms. The first kappa shape index (κ1) is 16.3. The Kier molecular flexibility index (Phi) is 5.18. The van der Waals surface area contributed by atoms with Crippen LogP contribution in [-0.2, 0) is 4.74 Å². The molecule has 0 aromatic heterocycles. The summed E-state index contributed by atoms with van der Waals surface area (Å²) in [6, 6.07) is 9.09. The van der Waals surface area contributed by atoms with Crippen molar-refractivity contribution < 1.29 is 14.6 Å². The van der Waals surface area contributed by atoms with Crippen molar-refractivity contribution in [1.29, 1.82) is 0 Å². The molecule has 2 amide bonds. The third-order valence-electron chi connectivity index (χ3n) is 5.03. The fourth-order valence-corrected chi connectivity index (χ4v) is 3.82. The van der Waals surface area contributed by atoms with Gasteiger partial charge in [0.2, 0.25) is 0 Å². The van der Waals surface area contributed by atoms with Gasteiger partial charge in [-0.1, -0.05) is 43.2 Å². The number of aliphatic hydroxyl groups is 1. The summed E-state index contributed by atoms with van der Waals surface area (Å²) in [7, 11) is 0. The van der Waals surface area contributed by atoms with E-state index < -0.39 is 0 Å². The third-order valence-corrected chi connectivity index (χ3v) is 5.03. The Bertz CT molecular complexity index is 514. The number of carbonyl (C=O) groups is 1. The van der Waals surface area contributed by atoms with E-state index in [2.05, 4.69) is 10.6 Å². The minimum absolute atomic E-state index is 0.00793. The molecule has 2 fully saturated rings. The van der Waals surface area contributed by atoms with E-state index in [0.717, 1.165) is 31.2 Å². The van der Waals surface area contributed by atoms with Gasteiger partial charge in [-0.3, -0.25) is 0 Å². The Hall–Kier alpha value is -1.59. The van der Waals surface area contributed by atoms with Crippen molar-refractivity contribution in [2.45, 2.75) is 56.2 Å². The molecule has 1 saturated heterocycles. The van der Waals surface area contributed by atoms with Crippen LogP contribution in [0.25, 0.3) is 0 Å². The number of carbonyl (C=O) groups excluding carboxylic acids is 1. The lowest BCUT2D eigenvalue weighted by molar-refractivity contribution is -0.0820. The molecule has 1 aliphatic carbocycles. The molecule has 126 valence electrons. The van der Waals surface area contributed by atoms with Crippen LogP contribution in [-0.4, -0.2) is 36.0 Å². The number of ether oxygens (including phenoxy) is 1. The number of amides is 2. The molecule has 23 heavy (non-hydrogen) atoms. The van der Waals surface area contributed by atoms with Gasteiger partial charge in [-0.05, 0) is 31.2 Å². The Morgan fingerprint density at radius 2 is 2.04 bits per heavy atom. The predicted octanol–water partition coefficient (Wildman–Crippen LogP) is 2.51. The van der Waals surface area contributed by atoms with Gasteiger partial charge in [0.15, 0.2) is 0 Å². The SMILES string of the molecule is O=C(NC1CCOC2(CCCC2)C1)NC(CO)c1ccccc1. The first-order valence-corrected chi connectivity index (χ1v) is 8.58. The number of rotatable bonds is 4. The maximum atomic E-state index is 12.3. The Morgan fingerprint density at radius 3 is 2.74 bits per heavy atom. The van der Waals surface area contributed by atoms with Crippen molar-refractivity contribution in [3.05, 3.63) is 35.9 Å². The average Bonchev–Trinajstić information content (AvgIpc) is 3.01. The van der Waals surface area contributed by atoms with Crippen molar-refractivity contribution in [3.8, 4) is 0 Å². The fourth-order valence-electron chi connectivity index (χ4n) is 3.82. The third kappa shape index (κ3) is 4.03. The van der Waals surface area contributed by atoms with Crippen LogP contribution >= 0.6 is 0 Å². The van der Waals surface area contributed by atoms with E-state index in [-0.39, 0.29) is 30.3 Å². The molecule has 1 heterocycles. The van der Waals surface area contributed by atoms with Crippen LogP contribution in [0.4, 0.5) is 4.79 Å². The highest BCUT2D eigenvalue weighted by atomic mass is 16.5. The van der Waals surface area contributed by atoms with E-state index in [1.165, 1.54) is 12.8 Å². The molecule has 2 atom stereocenters. The highest BCUT2D eigenvalue weighted by Gasteiger charge is 2.40. The van der Waals surface area contributed by atoms with Crippen LogP contribution in [0.15, 0.2) is 30.3 Å². The van der Waals surface area contributed by atoms with Crippen LogP contribution in [0.2, 0.25) is 0 Å². The molecule has 2 unspecified atom stereocenters. The summed E-state index contributed by atoms with van der Waals surface area (Å²) >= 11 is 0. The van der Waals surface area contributed by atoms with Gasteiger partial charge in [0.05, 0.1) is 18.2 Å². The molecule has 3 N–H and O–H groups in total. The molecule has 5 nitrogen and oxygen atoms in total. The number of nitrogens with one attached hydrogen (secondary N) is 2. The molecule has 1 aliphatic heterocycles. The predicted molar refractivity (Wildman–Crippen MR) is 88.1 cm³/mol. The van der Waals surface area contributed by atoms with Gasteiger partial charge in [-0.2, -0.15) is 0 Å². The molecule has 0 radical (unpaired) electrons. The second-order valence-corrected chi connectivity index (χ2v) is 6.69. The summed E-state index contributed by atoms with van der Waals surface area (Å²) < 4.78 is 6.00. The topological polar surface area (TPSA) is 70.6 Å². The molecule has 1 aromatic carbocycles. The summed E-state index contributed by atoms with van der Waals surface area (Å²) in [6.07, 6.45) is 6.41. The Balaban J connectivity index is 1.54. The molecular weight excluding hydrogens is 292 g/mol. The number of hydrogen-bond acceptors (Lipinski definition) is 3. The van der Waals surface area contributed by atoms with Crippen LogP contribution < -0.4 is 10.6 Å². The van der Waals surface area contributed by atoms with E-state index in [4.69, 9.17) is 4.74 Å². The smallest absolute Gasteiger partial charge is 0.315 e. The van der Waals surface area contributed by atoms with E-state index in [1.807, 2.05) is 30.3 Å². The minimum atomic E-state index is -0.378. The highest BCUT2D eigenvalue weighted by Crippen LogP contribution is 2.39. The quantitative estimate of drug-likeness (QED) is 0.799. The highest BCUT2D eigenvalue weighted by molar-refractivity contribution is 5.74. The maximum Gasteiger partial charge on any atom is 0.315 e. The fraction of sp³-hybridized carbons (Fsp3) is 0.611. The summed E-state index contributed by atoms with van der Waals surface area (Å²) in [6.45, 7) is 0.599. The van der Waals surface area contributed by atoms with Gasteiger partial charge >= 0.3 is 6.03 Å². The van der Waals surface area contributed by atoms with Gasteiger partial charge < -0.3 is 20.5 Å². The number of aliphatic hydroxyl groups excluding tert-OH is 1. The maximum absolute atomic E-state index is 12.3. The second kappa shape index (κ2) is 7.32. The van der Waals surface area contributed by atoms with E-state index in [0.29, 0.717) is 6.61 Å². The first-order valence-electron chi connectivity index (χ1n) is 8.58. The largest absolute Gasteiger partial charge is 0.394 e. The number of urea groups is 1. The zero-order valence-electron chi connectivity index (χ0n) is 13.5. The standard InChI is InChI=1S/C18H26N2O3/c21-13-16(14-6-2-1-3-7-14)20-17(22)19-15-8-11-23-18(12-15)9-4-5-10-18/h1-3,6-7,15-16,21H,4-5,8-13H2,(H2,19,20,22). The van der Waals surface area contributed by atoms with E-state index in [1.54, 1.807) is 0 Å². The van der Waals surface area contributed by atoms with Crippen molar-refractivity contribution in [3.63, 3.8) is 0 Å². The van der Waals surface area contributed by atoms with Crippen molar-refractivity contribution in [2.24, 2.45) is 0 Å². The van der Waals surface area contributed by atoms with E-state index >= 15 is 0 Å². The summed E-state index contributed by atoms with van der Waals surface area (Å²) in [4.78, 5) is 12.3. The molecule has 2 aliphatic rings. The summed E-state index contributed by atoms with van der Waals surface area (Å²) in [5, 5.41) is 15.5. The number of benzene rings is 1. The molecule has 1 spiro atoms. The molecular formula is C18H26N2O3. The van der Waals surface area contributed by atoms with Crippen LogP contribution in [0, 0.1) is 0 Å². The zero-order valence-corrected chi connectivity index (χ0v) is 13.5. The van der Waals surface area contributed by atoms with Crippen LogP contribution in [0.5, 0.6) is 0 Å². The van der Waals surface area contributed by atoms with Crippen LogP contribution in [0.1, 0.15) is 50.1 Å². The summed E-state index contributed by atoms with van der Waals surface area (Å²) in [5.74, 6) is 0. The van der Waals surface area contributed by atoms with Gasteiger partial charge in [0.1, 0.15) is 0 Å². The lowest BCUT2D eigenvalue weighted by Crippen LogP contribution is -2.50. The van der Waals surface area contributed by atoms with Crippen molar-refractivity contribution in [1.82, 2.24) is 10.6 Å². The molecule has 5 heteroatoms. The average molecular weight is 318 g/mol. The molecule has 1 saturated carbocycles. The second-order valence-electron chi connectivity index (χ2n) is 6.69. The lowest BCUT2D eigenvalue weighted by Gasteiger charge is -2.38.